The van der Waals surface area contributed by atoms with Gasteiger partial charge in [-0.1, -0.05) is 0 Å². The fourth-order valence-electron chi connectivity index (χ4n) is 0.585. The molecule has 0 amide bonds. The van der Waals surface area contributed by atoms with Crippen LogP contribution in [0, 0.1) is 0 Å². The minimum absolute atomic E-state index is 0.845. The second kappa shape index (κ2) is 4.52. The standard InChI is InChI=1S/C3H13N7/c1-4-2-3-10-8-6-5-7-9-10/h4-9H,2-3H2,1H3. The van der Waals surface area contributed by atoms with Crippen molar-refractivity contribution in [1.29, 1.82) is 0 Å². The van der Waals surface area contributed by atoms with Crippen LogP contribution in [0.15, 0.2) is 0 Å². The van der Waals surface area contributed by atoms with E-state index in [0.717, 1.165) is 13.1 Å². The third kappa shape index (κ3) is 2.54. The molecule has 1 fully saturated rings. The van der Waals surface area contributed by atoms with E-state index in [0.29, 0.717) is 0 Å². The van der Waals surface area contributed by atoms with E-state index in [1.165, 1.54) is 0 Å². The fourth-order valence-corrected chi connectivity index (χ4v) is 0.585. The van der Waals surface area contributed by atoms with Gasteiger partial charge in [0.15, 0.2) is 0 Å². The summed E-state index contributed by atoms with van der Waals surface area (Å²) in [5, 5.41) is 4.77. The Kier molecular flexibility index (Phi) is 3.54. The summed E-state index contributed by atoms with van der Waals surface area (Å²) >= 11 is 0. The largest absolute Gasteiger partial charge is 0.318 e. The molecule has 0 radical (unpaired) electrons. The molecule has 1 aliphatic heterocycles. The number of likely N-dealkylation sites (N-methyl/N-ethyl adjacent to an activating group) is 1. The normalized spacial score (nSPS) is 21.3. The summed E-state index contributed by atoms with van der Waals surface area (Å²) in [5.74, 6) is 0. The molecule has 60 valence electrons. The van der Waals surface area contributed by atoms with Crippen LogP contribution in [0.3, 0.4) is 0 Å². The molecule has 1 rings (SSSR count). The molecule has 6 N–H and O–H groups in total. The monoisotopic (exact) mass is 147 g/mol. The van der Waals surface area contributed by atoms with Crippen LogP contribution in [-0.4, -0.2) is 25.3 Å². The van der Waals surface area contributed by atoms with E-state index in [1.807, 2.05) is 7.05 Å². The molecule has 0 spiro atoms. The Morgan fingerprint density at radius 1 is 1.20 bits per heavy atom. The Balaban J connectivity index is 2.02. The van der Waals surface area contributed by atoms with E-state index >= 15 is 0 Å². The van der Waals surface area contributed by atoms with Gasteiger partial charge in [-0.2, -0.15) is 27.7 Å². The number of hydrogen-bond acceptors (Lipinski definition) is 7. The van der Waals surface area contributed by atoms with Crippen LogP contribution >= 0.6 is 0 Å². The second-order valence-corrected chi connectivity index (χ2v) is 1.85. The van der Waals surface area contributed by atoms with E-state index in [-0.39, 0.29) is 0 Å². The van der Waals surface area contributed by atoms with Crippen molar-refractivity contribution in [3.63, 3.8) is 0 Å². The summed E-state index contributed by atoms with van der Waals surface area (Å²) in [6.07, 6.45) is 0. The Morgan fingerprint density at radius 2 is 1.90 bits per heavy atom. The van der Waals surface area contributed by atoms with Gasteiger partial charge in [0.1, 0.15) is 0 Å². The van der Waals surface area contributed by atoms with Crippen LogP contribution in [0.1, 0.15) is 0 Å². The number of nitrogens with one attached hydrogen (secondary N) is 6. The summed E-state index contributed by atoms with van der Waals surface area (Å²) in [5.41, 5.74) is 13.6. The molecule has 1 heterocycles. The Labute approximate surface area is 59.3 Å². The first-order chi connectivity index (χ1) is 4.93. The van der Waals surface area contributed by atoms with Crippen molar-refractivity contribution in [2.75, 3.05) is 20.1 Å². The lowest BCUT2D eigenvalue weighted by Gasteiger charge is -2.29. The molecule has 0 saturated carbocycles. The van der Waals surface area contributed by atoms with Gasteiger partial charge in [0.25, 0.3) is 0 Å². The van der Waals surface area contributed by atoms with Crippen LogP contribution in [-0.2, 0) is 0 Å². The summed E-state index contributed by atoms with van der Waals surface area (Å²) in [6.45, 7) is 1.75. The average Bonchev–Trinajstić information content (AvgIpc) is 2.03. The molecule has 1 saturated heterocycles. The molecule has 1 aliphatic rings. The maximum atomic E-state index is 3.02. The van der Waals surface area contributed by atoms with E-state index in [1.54, 1.807) is 5.12 Å². The van der Waals surface area contributed by atoms with Crippen molar-refractivity contribution in [3.8, 4) is 0 Å². The Hall–Kier alpha value is -0.280. The van der Waals surface area contributed by atoms with Gasteiger partial charge >= 0.3 is 0 Å². The maximum absolute atomic E-state index is 3.02. The van der Waals surface area contributed by atoms with Gasteiger partial charge in [-0.3, -0.25) is 0 Å². The van der Waals surface area contributed by atoms with Gasteiger partial charge in [0.05, 0.1) is 0 Å². The SMILES string of the molecule is CNCCN1NNNNN1. The summed E-state index contributed by atoms with van der Waals surface area (Å²) in [6, 6.07) is 0. The highest BCUT2D eigenvalue weighted by molar-refractivity contribution is 4.44. The van der Waals surface area contributed by atoms with Gasteiger partial charge in [-0.25, -0.2) is 0 Å². The smallest absolute Gasteiger partial charge is 0.0441 e. The molecule has 10 heavy (non-hydrogen) atoms. The van der Waals surface area contributed by atoms with Crippen LogP contribution in [0.5, 0.6) is 0 Å². The first-order valence-electron chi connectivity index (χ1n) is 3.12. The molecule has 0 bridgehead atoms. The molecule has 0 aromatic rings. The van der Waals surface area contributed by atoms with Crippen molar-refractivity contribution < 1.29 is 0 Å². The van der Waals surface area contributed by atoms with Gasteiger partial charge in [-0.15, -0.1) is 5.12 Å². The van der Waals surface area contributed by atoms with Crippen molar-refractivity contribution in [2.24, 2.45) is 0 Å². The molecule has 7 heteroatoms. The highest BCUT2D eigenvalue weighted by Gasteiger charge is 2.04. The molecule has 7 nitrogen and oxygen atoms in total. The van der Waals surface area contributed by atoms with Crippen LogP contribution < -0.4 is 33.0 Å². The molecular weight excluding hydrogens is 134 g/mol. The third-order valence-corrected chi connectivity index (χ3v) is 1.09. The third-order valence-electron chi connectivity index (χ3n) is 1.09. The highest BCUT2D eigenvalue weighted by atomic mass is 16.1. The Bertz CT molecular complexity index is 78.9. The first-order valence-corrected chi connectivity index (χ1v) is 3.12. The van der Waals surface area contributed by atoms with Gasteiger partial charge in [0, 0.05) is 13.1 Å². The number of nitrogens with zero attached hydrogens (tertiary/aromatic N) is 1. The average molecular weight is 147 g/mol. The summed E-state index contributed by atoms with van der Waals surface area (Å²) in [4.78, 5) is 0. The highest BCUT2D eigenvalue weighted by Crippen LogP contribution is 1.69. The predicted octanol–water partition coefficient (Wildman–Crippen LogP) is -3.04. The van der Waals surface area contributed by atoms with Crippen LogP contribution in [0.25, 0.3) is 0 Å². The fraction of sp³-hybridized carbons (Fsp3) is 1.00. The van der Waals surface area contributed by atoms with E-state index in [4.69, 9.17) is 0 Å². The lowest BCUT2D eigenvalue weighted by Crippen LogP contribution is -2.73. The lowest BCUT2D eigenvalue weighted by molar-refractivity contribution is -0.0148. The molecule has 0 aromatic carbocycles. The zero-order valence-electron chi connectivity index (χ0n) is 5.86. The van der Waals surface area contributed by atoms with Crippen molar-refractivity contribution in [1.82, 2.24) is 38.1 Å². The van der Waals surface area contributed by atoms with E-state index < -0.39 is 0 Å². The van der Waals surface area contributed by atoms with Crippen molar-refractivity contribution in [2.45, 2.75) is 0 Å². The molecule has 0 atom stereocenters. The zero-order chi connectivity index (χ0) is 7.23. The zero-order valence-corrected chi connectivity index (χ0v) is 5.86. The van der Waals surface area contributed by atoms with Crippen LogP contribution in [0.4, 0.5) is 0 Å². The predicted molar refractivity (Wildman–Crippen MR) is 36.3 cm³/mol. The molecule has 0 aromatic heterocycles. The number of hydrazine groups is 6. The Morgan fingerprint density at radius 3 is 2.50 bits per heavy atom. The van der Waals surface area contributed by atoms with Crippen LogP contribution in [0.2, 0.25) is 0 Å². The van der Waals surface area contributed by atoms with E-state index in [9.17, 15) is 0 Å². The molecule has 0 unspecified atom stereocenters. The van der Waals surface area contributed by atoms with E-state index in [2.05, 4.69) is 33.0 Å². The molecular formula is C3H13N7. The molecule has 0 aliphatic carbocycles. The lowest BCUT2D eigenvalue weighted by atomic mass is 10.6. The second-order valence-electron chi connectivity index (χ2n) is 1.85. The number of rotatable bonds is 3. The minimum Gasteiger partial charge on any atom is -0.318 e. The summed E-state index contributed by atoms with van der Waals surface area (Å²) < 4.78 is 0. The van der Waals surface area contributed by atoms with Crippen molar-refractivity contribution >= 4 is 0 Å². The minimum atomic E-state index is 0.845. The number of hydrogen-bond donors (Lipinski definition) is 6. The van der Waals surface area contributed by atoms with Crippen molar-refractivity contribution in [3.05, 3.63) is 0 Å². The first kappa shape index (κ1) is 7.82. The van der Waals surface area contributed by atoms with Gasteiger partial charge < -0.3 is 5.32 Å². The topological polar surface area (TPSA) is 75.4 Å². The maximum Gasteiger partial charge on any atom is 0.0441 e. The quantitative estimate of drug-likeness (QED) is 0.253. The van der Waals surface area contributed by atoms with Gasteiger partial charge in [0.2, 0.25) is 0 Å². The summed E-state index contributed by atoms with van der Waals surface area (Å²) in [7, 11) is 1.91. The van der Waals surface area contributed by atoms with Gasteiger partial charge in [-0.05, 0) is 7.05 Å².